The predicted octanol–water partition coefficient (Wildman–Crippen LogP) is 1.85. The van der Waals surface area contributed by atoms with E-state index < -0.39 is 11.2 Å². The third kappa shape index (κ3) is 3.95. The molecule has 0 spiro atoms. The second-order valence-corrected chi connectivity index (χ2v) is 8.84. The average molecular weight is 429 g/mol. The molecular formula is C23H28FN3O4. The zero-order valence-corrected chi connectivity index (χ0v) is 17.8. The van der Waals surface area contributed by atoms with Crippen molar-refractivity contribution in [3.05, 3.63) is 35.6 Å². The molecule has 2 saturated heterocycles. The predicted molar refractivity (Wildman–Crippen MR) is 110 cm³/mol. The van der Waals surface area contributed by atoms with Crippen molar-refractivity contribution in [3.63, 3.8) is 0 Å². The molecule has 8 heteroatoms. The van der Waals surface area contributed by atoms with Gasteiger partial charge in [-0.2, -0.15) is 0 Å². The van der Waals surface area contributed by atoms with E-state index in [0.29, 0.717) is 31.7 Å². The quantitative estimate of drug-likeness (QED) is 0.685. The van der Waals surface area contributed by atoms with E-state index in [9.17, 15) is 23.6 Å². The zero-order chi connectivity index (χ0) is 22.2. The fourth-order valence-corrected chi connectivity index (χ4v) is 5.19. The molecule has 0 unspecified atom stereocenters. The maximum Gasteiger partial charge on any atom is 0.241 e. The van der Waals surface area contributed by atoms with Gasteiger partial charge in [0.15, 0.2) is 0 Å². The maximum absolute atomic E-state index is 14.1. The summed E-state index contributed by atoms with van der Waals surface area (Å²) in [6.07, 6.45) is 3.19. The highest BCUT2D eigenvalue weighted by Crippen LogP contribution is 2.43. The van der Waals surface area contributed by atoms with E-state index in [1.165, 1.54) is 30.0 Å². The molecule has 7 nitrogen and oxygen atoms in total. The highest BCUT2D eigenvalue weighted by Gasteiger charge is 2.56. The lowest BCUT2D eigenvalue weighted by molar-refractivity contribution is -0.145. The number of hydrogen-bond acceptors (Lipinski definition) is 4. The van der Waals surface area contributed by atoms with Crippen molar-refractivity contribution in [1.29, 1.82) is 0 Å². The molecule has 3 fully saturated rings. The number of carbonyl (C=O) groups excluding carboxylic acids is 4. The summed E-state index contributed by atoms with van der Waals surface area (Å²) in [5, 5.41) is 0. The van der Waals surface area contributed by atoms with Crippen molar-refractivity contribution in [2.75, 3.05) is 26.2 Å². The minimum Gasteiger partial charge on any atom is -0.339 e. The Bertz CT molecular complexity index is 906. The van der Waals surface area contributed by atoms with Gasteiger partial charge < -0.3 is 9.80 Å². The van der Waals surface area contributed by atoms with Crippen LogP contribution in [0.3, 0.4) is 0 Å². The number of amides is 4. The fourth-order valence-electron chi connectivity index (χ4n) is 5.19. The van der Waals surface area contributed by atoms with Gasteiger partial charge in [-0.05, 0) is 30.5 Å². The molecule has 1 saturated carbocycles. The van der Waals surface area contributed by atoms with E-state index in [0.717, 1.165) is 25.7 Å². The number of hydrogen-bond donors (Lipinski definition) is 0. The normalized spacial score (nSPS) is 24.9. The Morgan fingerprint density at radius 2 is 1.71 bits per heavy atom. The van der Waals surface area contributed by atoms with Crippen LogP contribution < -0.4 is 0 Å². The minimum absolute atomic E-state index is 0.0351. The zero-order valence-electron chi connectivity index (χ0n) is 17.8. The van der Waals surface area contributed by atoms with Crippen LogP contribution >= 0.6 is 0 Å². The molecular weight excluding hydrogens is 401 g/mol. The van der Waals surface area contributed by atoms with Crippen LogP contribution in [0.1, 0.15) is 51.0 Å². The van der Waals surface area contributed by atoms with E-state index in [1.807, 2.05) is 0 Å². The molecule has 166 valence electrons. The summed E-state index contributed by atoms with van der Waals surface area (Å²) in [7, 11) is 0. The Kier molecular flexibility index (Phi) is 5.81. The lowest BCUT2D eigenvalue weighted by atomic mass is 9.75. The second-order valence-electron chi connectivity index (χ2n) is 8.84. The number of carbonyl (C=O) groups is 4. The number of piperazine rings is 1. The molecule has 1 aromatic carbocycles. The van der Waals surface area contributed by atoms with Gasteiger partial charge in [0.25, 0.3) is 0 Å². The van der Waals surface area contributed by atoms with E-state index in [2.05, 4.69) is 0 Å². The molecule has 2 aliphatic heterocycles. The summed E-state index contributed by atoms with van der Waals surface area (Å²) < 4.78 is 14.1. The largest absolute Gasteiger partial charge is 0.339 e. The van der Waals surface area contributed by atoms with Crippen molar-refractivity contribution in [2.24, 2.45) is 0 Å². The minimum atomic E-state index is -1.38. The van der Waals surface area contributed by atoms with E-state index in [1.54, 1.807) is 15.9 Å². The smallest absolute Gasteiger partial charge is 0.241 e. The summed E-state index contributed by atoms with van der Waals surface area (Å²) in [4.78, 5) is 56.1. The number of halogens is 1. The molecule has 1 aromatic rings. The molecule has 0 radical (unpaired) electrons. The average Bonchev–Trinajstić information content (AvgIpc) is 3.35. The first-order valence-electron chi connectivity index (χ1n) is 11.0. The highest BCUT2D eigenvalue weighted by atomic mass is 19.1. The lowest BCUT2D eigenvalue weighted by Gasteiger charge is -2.36. The van der Waals surface area contributed by atoms with E-state index >= 15 is 0 Å². The molecule has 3 aliphatic rings. The Balaban J connectivity index is 1.61. The van der Waals surface area contributed by atoms with Gasteiger partial charge in [0.2, 0.25) is 23.6 Å². The molecule has 2 heterocycles. The molecule has 0 aromatic heterocycles. The summed E-state index contributed by atoms with van der Waals surface area (Å²) in [5.74, 6) is -1.45. The van der Waals surface area contributed by atoms with Gasteiger partial charge in [0, 0.05) is 52.0 Å². The molecule has 1 atom stereocenters. The lowest BCUT2D eigenvalue weighted by Crippen LogP contribution is -2.52. The number of benzene rings is 1. The van der Waals surface area contributed by atoms with Crippen LogP contribution in [0, 0.1) is 5.82 Å². The van der Waals surface area contributed by atoms with Gasteiger partial charge >= 0.3 is 0 Å². The van der Waals surface area contributed by atoms with Crippen molar-refractivity contribution >= 4 is 23.6 Å². The van der Waals surface area contributed by atoms with Gasteiger partial charge in [-0.3, -0.25) is 24.1 Å². The van der Waals surface area contributed by atoms with Crippen LogP contribution in [0.15, 0.2) is 24.3 Å². The van der Waals surface area contributed by atoms with Gasteiger partial charge in [0.05, 0.1) is 5.41 Å². The van der Waals surface area contributed by atoms with Crippen LogP contribution in [0.4, 0.5) is 4.39 Å². The monoisotopic (exact) mass is 429 g/mol. The highest BCUT2D eigenvalue weighted by molar-refractivity contribution is 6.11. The van der Waals surface area contributed by atoms with Crippen LogP contribution in [0.2, 0.25) is 0 Å². The fraction of sp³-hybridized carbons (Fsp3) is 0.565. The van der Waals surface area contributed by atoms with Crippen molar-refractivity contribution in [3.8, 4) is 0 Å². The van der Waals surface area contributed by atoms with Crippen molar-refractivity contribution in [2.45, 2.75) is 56.9 Å². The van der Waals surface area contributed by atoms with E-state index in [-0.39, 0.29) is 42.5 Å². The first-order valence-corrected chi connectivity index (χ1v) is 11.0. The van der Waals surface area contributed by atoms with Crippen LogP contribution in [0.5, 0.6) is 0 Å². The second kappa shape index (κ2) is 8.40. The number of nitrogens with zero attached hydrogens (tertiary/aromatic N) is 3. The van der Waals surface area contributed by atoms with Crippen LogP contribution in [-0.2, 0) is 24.6 Å². The summed E-state index contributed by atoms with van der Waals surface area (Å²) in [6.45, 7) is 3.14. The molecule has 0 N–H and O–H groups in total. The third-order valence-corrected chi connectivity index (χ3v) is 6.95. The summed E-state index contributed by atoms with van der Waals surface area (Å²) in [6, 6.07) is 5.57. The third-order valence-electron chi connectivity index (χ3n) is 6.95. The Hall–Kier alpha value is -2.77. The summed E-state index contributed by atoms with van der Waals surface area (Å²) >= 11 is 0. The molecule has 4 rings (SSSR count). The first-order chi connectivity index (χ1) is 14.8. The molecule has 31 heavy (non-hydrogen) atoms. The molecule has 4 amide bonds. The van der Waals surface area contributed by atoms with Crippen LogP contribution in [0.25, 0.3) is 0 Å². The number of likely N-dealkylation sites (tertiary alicyclic amines) is 1. The SMILES string of the molecule is CC(=O)N1CCN(C(=O)C[C@]2(c3cccc(F)c3)CC(=O)N(C3CCCC3)C2=O)CC1. The Morgan fingerprint density at radius 3 is 2.32 bits per heavy atom. The number of rotatable bonds is 4. The first kappa shape index (κ1) is 21.5. The van der Waals surface area contributed by atoms with Gasteiger partial charge in [-0.25, -0.2) is 4.39 Å². The van der Waals surface area contributed by atoms with Gasteiger partial charge in [-0.1, -0.05) is 25.0 Å². The maximum atomic E-state index is 14.1. The summed E-state index contributed by atoms with van der Waals surface area (Å²) in [5.41, 5.74) is -1.00. The Morgan fingerprint density at radius 1 is 1.06 bits per heavy atom. The van der Waals surface area contributed by atoms with Crippen molar-refractivity contribution in [1.82, 2.24) is 14.7 Å². The number of imide groups is 1. The van der Waals surface area contributed by atoms with Crippen molar-refractivity contribution < 1.29 is 23.6 Å². The Labute approximate surface area is 181 Å². The van der Waals surface area contributed by atoms with Crippen LogP contribution in [-0.4, -0.2) is 70.5 Å². The van der Waals surface area contributed by atoms with Gasteiger partial charge in [0.1, 0.15) is 5.82 Å². The molecule has 1 aliphatic carbocycles. The van der Waals surface area contributed by atoms with E-state index in [4.69, 9.17) is 0 Å². The van der Waals surface area contributed by atoms with Gasteiger partial charge in [-0.15, -0.1) is 0 Å². The molecule has 0 bridgehead atoms. The standard InChI is InChI=1S/C23H28FN3O4/c1-16(28)25-9-11-26(12-10-25)20(29)14-23(17-5-4-6-18(24)13-17)15-21(30)27(22(23)31)19-7-2-3-8-19/h4-6,13,19H,2-3,7-12,14-15H2,1H3/t23-/m1/s1. The topological polar surface area (TPSA) is 78.0 Å².